The Balaban J connectivity index is 2.01. The lowest BCUT2D eigenvalue weighted by molar-refractivity contribution is -0.119. The van der Waals surface area contributed by atoms with Crippen LogP contribution in [0.25, 0.3) is 0 Å². The van der Waals surface area contributed by atoms with Crippen LogP contribution < -0.4 is 14.8 Å². The van der Waals surface area contributed by atoms with Gasteiger partial charge in [-0.3, -0.25) is 4.79 Å². The standard InChI is InChI=1S/C17H15ClINO5/c1-23-14-8-10(7-11(18)16(14)24-2)17(22)25-9-15(21)20-13-6-4-3-5-12(13)19/h3-8H,9H2,1-2H3,(H,20,21). The van der Waals surface area contributed by atoms with E-state index in [1.54, 1.807) is 12.1 Å². The fourth-order valence-electron chi connectivity index (χ4n) is 2.00. The molecule has 0 atom stereocenters. The summed E-state index contributed by atoms with van der Waals surface area (Å²) in [5, 5.41) is 2.88. The number of benzene rings is 2. The third-order valence-electron chi connectivity index (χ3n) is 3.15. The highest BCUT2D eigenvalue weighted by Crippen LogP contribution is 2.36. The van der Waals surface area contributed by atoms with Crippen molar-refractivity contribution in [2.75, 3.05) is 26.1 Å². The van der Waals surface area contributed by atoms with Crippen LogP contribution in [0.5, 0.6) is 11.5 Å². The van der Waals surface area contributed by atoms with E-state index < -0.39 is 18.5 Å². The lowest BCUT2D eigenvalue weighted by Gasteiger charge is -2.12. The summed E-state index contributed by atoms with van der Waals surface area (Å²) >= 11 is 8.15. The Hall–Kier alpha value is -2.00. The van der Waals surface area contributed by atoms with Crippen molar-refractivity contribution in [1.82, 2.24) is 0 Å². The lowest BCUT2D eigenvalue weighted by Crippen LogP contribution is -2.21. The summed E-state index contributed by atoms with van der Waals surface area (Å²) in [5.74, 6) is -0.521. The number of hydrogen-bond acceptors (Lipinski definition) is 5. The molecule has 0 saturated heterocycles. The van der Waals surface area contributed by atoms with Gasteiger partial charge in [0.25, 0.3) is 5.91 Å². The molecule has 0 unspecified atom stereocenters. The molecule has 2 aromatic carbocycles. The van der Waals surface area contributed by atoms with Crippen molar-refractivity contribution in [1.29, 1.82) is 0 Å². The minimum Gasteiger partial charge on any atom is -0.493 e. The van der Waals surface area contributed by atoms with E-state index in [1.165, 1.54) is 26.4 Å². The van der Waals surface area contributed by atoms with Gasteiger partial charge in [-0.25, -0.2) is 4.79 Å². The van der Waals surface area contributed by atoms with E-state index in [0.717, 1.165) is 3.57 Å². The molecule has 25 heavy (non-hydrogen) atoms. The Bertz CT molecular complexity index is 797. The summed E-state index contributed by atoms with van der Waals surface area (Å²) in [6.45, 7) is -0.421. The summed E-state index contributed by atoms with van der Waals surface area (Å²) in [6, 6.07) is 10.1. The van der Waals surface area contributed by atoms with Gasteiger partial charge in [0.1, 0.15) is 0 Å². The maximum atomic E-state index is 12.1. The number of methoxy groups -OCH3 is 2. The van der Waals surface area contributed by atoms with Crippen LogP contribution >= 0.6 is 34.2 Å². The van der Waals surface area contributed by atoms with Gasteiger partial charge in [-0.15, -0.1) is 0 Å². The largest absolute Gasteiger partial charge is 0.493 e. The Morgan fingerprint density at radius 3 is 2.52 bits per heavy atom. The number of carbonyl (C=O) groups excluding carboxylic acids is 2. The Labute approximate surface area is 163 Å². The van der Waals surface area contributed by atoms with Crippen LogP contribution in [0.15, 0.2) is 36.4 Å². The number of amides is 1. The number of halogens is 2. The van der Waals surface area contributed by atoms with Crippen molar-refractivity contribution in [2.24, 2.45) is 0 Å². The monoisotopic (exact) mass is 475 g/mol. The first-order chi connectivity index (χ1) is 12.0. The van der Waals surface area contributed by atoms with Gasteiger partial charge in [0, 0.05) is 3.57 Å². The molecule has 8 heteroatoms. The number of esters is 1. The molecule has 0 aromatic heterocycles. The molecule has 0 bridgehead atoms. The highest BCUT2D eigenvalue weighted by Gasteiger charge is 2.17. The van der Waals surface area contributed by atoms with E-state index in [-0.39, 0.29) is 10.6 Å². The molecule has 0 heterocycles. The van der Waals surface area contributed by atoms with E-state index in [9.17, 15) is 9.59 Å². The molecule has 132 valence electrons. The normalized spacial score (nSPS) is 10.1. The zero-order chi connectivity index (χ0) is 18.4. The van der Waals surface area contributed by atoms with Crippen molar-refractivity contribution in [3.63, 3.8) is 0 Å². The molecule has 0 radical (unpaired) electrons. The van der Waals surface area contributed by atoms with Crippen LogP contribution in [-0.2, 0) is 9.53 Å². The zero-order valence-corrected chi connectivity index (χ0v) is 16.4. The smallest absolute Gasteiger partial charge is 0.338 e. The fourth-order valence-corrected chi connectivity index (χ4v) is 2.81. The van der Waals surface area contributed by atoms with Gasteiger partial charge in [-0.05, 0) is 46.9 Å². The Morgan fingerprint density at radius 1 is 1.16 bits per heavy atom. The molecule has 0 aliphatic carbocycles. The highest BCUT2D eigenvalue weighted by atomic mass is 127. The Kier molecular flexibility index (Phi) is 6.89. The summed E-state index contributed by atoms with van der Waals surface area (Å²) in [5.41, 5.74) is 0.808. The Morgan fingerprint density at radius 2 is 1.88 bits per heavy atom. The number of rotatable bonds is 6. The minimum atomic E-state index is -0.694. The average Bonchev–Trinajstić information content (AvgIpc) is 2.60. The van der Waals surface area contributed by atoms with E-state index in [0.29, 0.717) is 17.2 Å². The van der Waals surface area contributed by atoms with Crippen molar-refractivity contribution >= 4 is 51.8 Å². The molecule has 0 fully saturated rings. The molecule has 0 aliphatic rings. The highest BCUT2D eigenvalue weighted by molar-refractivity contribution is 14.1. The molecule has 2 rings (SSSR count). The van der Waals surface area contributed by atoms with Gasteiger partial charge in [0.2, 0.25) is 0 Å². The van der Waals surface area contributed by atoms with Crippen LogP contribution in [0.3, 0.4) is 0 Å². The first-order valence-corrected chi connectivity index (χ1v) is 8.55. The second kappa shape index (κ2) is 8.91. The number of para-hydroxylation sites is 1. The van der Waals surface area contributed by atoms with E-state index >= 15 is 0 Å². The molecule has 0 aliphatic heterocycles. The van der Waals surface area contributed by atoms with Crippen molar-refractivity contribution in [3.05, 3.63) is 50.6 Å². The molecular formula is C17H15ClINO5. The summed E-state index contributed by atoms with van der Waals surface area (Å²) < 4.78 is 16.1. The predicted molar refractivity (Wildman–Crippen MR) is 103 cm³/mol. The van der Waals surface area contributed by atoms with Gasteiger partial charge in [0.15, 0.2) is 18.1 Å². The van der Waals surface area contributed by atoms with Crippen molar-refractivity contribution in [2.45, 2.75) is 0 Å². The maximum absolute atomic E-state index is 12.1. The van der Waals surface area contributed by atoms with Gasteiger partial charge in [0.05, 0.1) is 30.5 Å². The van der Waals surface area contributed by atoms with E-state index in [1.807, 2.05) is 12.1 Å². The third kappa shape index (κ3) is 4.99. The molecule has 2 aromatic rings. The summed E-state index contributed by atoms with van der Waals surface area (Å²) in [4.78, 5) is 24.1. The predicted octanol–water partition coefficient (Wildman–Crippen LogP) is 3.76. The average molecular weight is 476 g/mol. The molecule has 1 amide bonds. The maximum Gasteiger partial charge on any atom is 0.338 e. The second-order valence-corrected chi connectivity index (χ2v) is 6.37. The first-order valence-electron chi connectivity index (χ1n) is 7.09. The number of carbonyl (C=O) groups is 2. The molecule has 0 spiro atoms. The van der Waals surface area contributed by atoms with Crippen LogP contribution in [0.1, 0.15) is 10.4 Å². The molecular weight excluding hydrogens is 461 g/mol. The minimum absolute atomic E-state index is 0.157. The van der Waals surface area contributed by atoms with Gasteiger partial charge >= 0.3 is 5.97 Å². The van der Waals surface area contributed by atoms with E-state index in [4.69, 9.17) is 25.8 Å². The summed E-state index contributed by atoms with van der Waals surface area (Å²) in [6.07, 6.45) is 0. The summed E-state index contributed by atoms with van der Waals surface area (Å²) in [7, 11) is 2.87. The molecule has 6 nitrogen and oxygen atoms in total. The topological polar surface area (TPSA) is 73.9 Å². The second-order valence-electron chi connectivity index (χ2n) is 4.80. The number of ether oxygens (including phenoxy) is 3. The van der Waals surface area contributed by atoms with Gasteiger partial charge < -0.3 is 19.5 Å². The molecule has 1 N–H and O–H groups in total. The quantitative estimate of drug-likeness (QED) is 0.509. The third-order valence-corrected chi connectivity index (χ3v) is 4.37. The van der Waals surface area contributed by atoms with Crippen molar-refractivity contribution < 1.29 is 23.8 Å². The van der Waals surface area contributed by atoms with E-state index in [2.05, 4.69) is 27.9 Å². The van der Waals surface area contributed by atoms with Crippen molar-refractivity contribution in [3.8, 4) is 11.5 Å². The zero-order valence-electron chi connectivity index (χ0n) is 13.5. The number of hydrogen-bond donors (Lipinski definition) is 1. The van der Waals surface area contributed by atoms with Crippen LogP contribution in [0.2, 0.25) is 5.02 Å². The number of nitrogens with one attached hydrogen (secondary N) is 1. The number of anilines is 1. The first kappa shape index (κ1) is 19.3. The lowest BCUT2D eigenvalue weighted by atomic mass is 10.2. The van der Waals surface area contributed by atoms with Gasteiger partial charge in [-0.1, -0.05) is 23.7 Å². The van der Waals surface area contributed by atoms with Gasteiger partial charge in [-0.2, -0.15) is 0 Å². The van der Waals surface area contributed by atoms with Crippen LogP contribution in [0.4, 0.5) is 5.69 Å². The van der Waals surface area contributed by atoms with Crippen LogP contribution in [-0.4, -0.2) is 32.7 Å². The molecule has 0 saturated carbocycles. The fraction of sp³-hybridized carbons (Fsp3) is 0.176. The SMILES string of the molecule is COc1cc(C(=O)OCC(=O)Nc2ccccc2I)cc(Cl)c1OC. The van der Waals surface area contributed by atoms with Crippen LogP contribution in [0, 0.1) is 3.57 Å².